The summed E-state index contributed by atoms with van der Waals surface area (Å²) in [6, 6.07) is 11.8. The van der Waals surface area contributed by atoms with Crippen molar-refractivity contribution >= 4 is 33.2 Å². The lowest BCUT2D eigenvalue weighted by atomic mass is 10.2. The van der Waals surface area contributed by atoms with Gasteiger partial charge >= 0.3 is 0 Å². The number of carbonyl (C=O) groups is 1. The molecule has 0 atom stereocenters. The zero-order valence-corrected chi connectivity index (χ0v) is 16.4. The Hall–Kier alpha value is -2.25. The molecular formula is C18H21ClN2O4S. The van der Waals surface area contributed by atoms with Gasteiger partial charge < -0.3 is 10.1 Å². The average molecular weight is 397 g/mol. The Kier molecular flexibility index (Phi) is 6.50. The number of hydrogen-bond acceptors (Lipinski definition) is 4. The fraction of sp³-hybridized carbons (Fsp3) is 0.278. The first kappa shape index (κ1) is 20.1. The molecule has 0 spiro atoms. The van der Waals surface area contributed by atoms with Gasteiger partial charge in [-0.2, -0.15) is 0 Å². The molecule has 6 nitrogen and oxygen atoms in total. The van der Waals surface area contributed by atoms with Crippen molar-refractivity contribution in [1.82, 2.24) is 5.32 Å². The molecule has 0 saturated carbocycles. The minimum absolute atomic E-state index is 0.0930. The molecule has 1 N–H and O–H groups in total. The van der Waals surface area contributed by atoms with Crippen molar-refractivity contribution in [3.05, 3.63) is 58.6 Å². The summed E-state index contributed by atoms with van der Waals surface area (Å²) < 4.78 is 30.7. The normalized spacial score (nSPS) is 11.1. The van der Waals surface area contributed by atoms with Gasteiger partial charge in [0.15, 0.2) is 0 Å². The molecule has 0 unspecified atom stereocenters. The number of anilines is 1. The third kappa shape index (κ3) is 5.12. The molecule has 2 aromatic rings. The second-order valence-electron chi connectivity index (χ2n) is 5.75. The summed E-state index contributed by atoms with van der Waals surface area (Å²) in [5, 5.41) is 3.17. The molecule has 0 fully saturated rings. The highest BCUT2D eigenvalue weighted by Gasteiger charge is 2.19. The highest BCUT2D eigenvalue weighted by atomic mass is 35.5. The molecule has 0 radical (unpaired) electrons. The first-order valence-electron chi connectivity index (χ1n) is 7.88. The summed E-state index contributed by atoms with van der Waals surface area (Å²) in [4.78, 5) is 12.2. The third-order valence-corrected chi connectivity index (χ3v) is 5.19. The lowest BCUT2D eigenvalue weighted by molar-refractivity contribution is 0.0954. The number of rotatable bonds is 7. The maximum absolute atomic E-state index is 12.2. The number of halogens is 1. The largest absolute Gasteiger partial charge is 0.497 e. The van der Waals surface area contributed by atoms with E-state index in [2.05, 4.69) is 5.32 Å². The second-order valence-corrected chi connectivity index (χ2v) is 8.10. The zero-order chi connectivity index (χ0) is 19.3. The van der Waals surface area contributed by atoms with Crippen LogP contribution in [0, 0.1) is 6.92 Å². The summed E-state index contributed by atoms with van der Waals surface area (Å²) in [7, 11) is -2.00. The van der Waals surface area contributed by atoms with Gasteiger partial charge in [-0.1, -0.05) is 23.7 Å². The average Bonchev–Trinajstić information content (AvgIpc) is 2.60. The van der Waals surface area contributed by atoms with Crippen LogP contribution in [0.2, 0.25) is 5.02 Å². The smallest absolute Gasteiger partial charge is 0.251 e. The van der Waals surface area contributed by atoms with Crippen LogP contribution in [0.3, 0.4) is 0 Å². The van der Waals surface area contributed by atoms with Crippen molar-refractivity contribution < 1.29 is 17.9 Å². The molecule has 0 aliphatic carbocycles. The third-order valence-electron chi connectivity index (χ3n) is 3.77. The van der Waals surface area contributed by atoms with E-state index in [0.717, 1.165) is 11.8 Å². The maximum atomic E-state index is 12.2. The molecule has 26 heavy (non-hydrogen) atoms. The maximum Gasteiger partial charge on any atom is 0.251 e. The van der Waals surface area contributed by atoms with E-state index < -0.39 is 10.0 Å². The molecule has 0 aliphatic heterocycles. The number of carbonyl (C=O) groups excluding carboxylic acids is 1. The number of amides is 1. The van der Waals surface area contributed by atoms with Crippen molar-refractivity contribution in [1.29, 1.82) is 0 Å². The van der Waals surface area contributed by atoms with Crippen LogP contribution in [0.1, 0.15) is 15.9 Å². The van der Waals surface area contributed by atoms with Crippen LogP contribution in [0.4, 0.5) is 5.69 Å². The number of aryl methyl sites for hydroxylation is 1. The molecule has 140 valence electrons. The van der Waals surface area contributed by atoms with Gasteiger partial charge in [-0.15, -0.1) is 0 Å². The van der Waals surface area contributed by atoms with E-state index in [9.17, 15) is 13.2 Å². The van der Waals surface area contributed by atoms with Crippen LogP contribution in [0.15, 0.2) is 42.5 Å². The first-order valence-corrected chi connectivity index (χ1v) is 10.1. The molecule has 2 rings (SSSR count). The van der Waals surface area contributed by atoms with Gasteiger partial charge in [-0.05, 0) is 42.8 Å². The van der Waals surface area contributed by atoms with E-state index in [-0.39, 0.29) is 19.0 Å². The van der Waals surface area contributed by atoms with Crippen LogP contribution in [0.5, 0.6) is 5.75 Å². The number of methoxy groups -OCH3 is 1. The number of ether oxygens (including phenoxy) is 1. The Balaban J connectivity index is 2.11. The Morgan fingerprint density at radius 2 is 1.96 bits per heavy atom. The van der Waals surface area contributed by atoms with Crippen molar-refractivity contribution in [2.75, 3.05) is 30.8 Å². The predicted octanol–water partition coefficient (Wildman–Crippen LogP) is 2.85. The van der Waals surface area contributed by atoms with E-state index in [1.807, 2.05) is 0 Å². The number of hydrogen-bond donors (Lipinski definition) is 1. The summed E-state index contributed by atoms with van der Waals surface area (Å²) in [5.74, 6) is 0.269. The van der Waals surface area contributed by atoms with E-state index in [1.165, 1.54) is 11.4 Å². The standard InChI is InChI=1S/C18H21ClN2O4S/c1-13-7-8-15(19)12-17(13)21(26(3,23)24)10-9-20-18(22)14-5-4-6-16(11-14)25-2/h4-8,11-12H,9-10H2,1-3H3,(H,20,22). The van der Waals surface area contributed by atoms with Gasteiger partial charge in [0.25, 0.3) is 5.91 Å². The second kappa shape index (κ2) is 8.42. The number of nitrogens with zero attached hydrogens (tertiary/aromatic N) is 1. The summed E-state index contributed by atoms with van der Waals surface area (Å²) in [6.07, 6.45) is 1.12. The Morgan fingerprint density at radius 1 is 1.23 bits per heavy atom. The van der Waals surface area contributed by atoms with Gasteiger partial charge in [0.1, 0.15) is 5.75 Å². The molecule has 0 bridgehead atoms. The fourth-order valence-electron chi connectivity index (χ4n) is 2.45. The van der Waals surface area contributed by atoms with Crippen LogP contribution in [0.25, 0.3) is 0 Å². The Bertz CT molecular complexity index is 900. The van der Waals surface area contributed by atoms with Crippen LogP contribution in [-0.4, -0.2) is 40.8 Å². The highest BCUT2D eigenvalue weighted by molar-refractivity contribution is 7.92. The molecule has 0 heterocycles. The van der Waals surface area contributed by atoms with Crippen molar-refractivity contribution in [2.45, 2.75) is 6.92 Å². The molecule has 2 aromatic carbocycles. The lowest BCUT2D eigenvalue weighted by Gasteiger charge is -2.24. The van der Waals surface area contributed by atoms with Crippen LogP contribution < -0.4 is 14.4 Å². The van der Waals surface area contributed by atoms with E-state index >= 15 is 0 Å². The van der Waals surface area contributed by atoms with E-state index in [0.29, 0.717) is 22.0 Å². The highest BCUT2D eigenvalue weighted by Crippen LogP contribution is 2.26. The van der Waals surface area contributed by atoms with Gasteiger partial charge in [0.05, 0.1) is 25.6 Å². The van der Waals surface area contributed by atoms with Crippen LogP contribution in [-0.2, 0) is 10.0 Å². The number of benzene rings is 2. The fourth-order valence-corrected chi connectivity index (χ4v) is 3.60. The van der Waals surface area contributed by atoms with E-state index in [4.69, 9.17) is 16.3 Å². The van der Waals surface area contributed by atoms with Gasteiger partial charge in [-0.3, -0.25) is 9.10 Å². The van der Waals surface area contributed by atoms with Crippen LogP contribution >= 0.6 is 11.6 Å². The molecule has 1 amide bonds. The topological polar surface area (TPSA) is 75.7 Å². The predicted molar refractivity (Wildman–Crippen MR) is 104 cm³/mol. The van der Waals surface area contributed by atoms with Crippen molar-refractivity contribution in [2.24, 2.45) is 0 Å². The lowest BCUT2D eigenvalue weighted by Crippen LogP contribution is -2.38. The minimum Gasteiger partial charge on any atom is -0.497 e. The zero-order valence-electron chi connectivity index (χ0n) is 14.8. The quantitative estimate of drug-likeness (QED) is 0.780. The monoisotopic (exact) mass is 396 g/mol. The molecule has 0 aliphatic rings. The van der Waals surface area contributed by atoms with Crippen molar-refractivity contribution in [3.8, 4) is 5.75 Å². The molecule has 0 saturated heterocycles. The molecule has 0 aromatic heterocycles. The summed E-state index contributed by atoms with van der Waals surface area (Å²) in [6.45, 7) is 2.05. The summed E-state index contributed by atoms with van der Waals surface area (Å²) >= 11 is 6.00. The Labute approximate surface area is 158 Å². The minimum atomic E-state index is -3.53. The number of sulfonamides is 1. The van der Waals surface area contributed by atoms with Gasteiger partial charge in [0, 0.05) is 17.1 Å². The van der Waals surface area contributed by atoms with Gasteiger partial charge in [-0.25, -0.2) is 8.42 Å². The number of nitrogens with one attached hydrogen (secondary N) is 1. The van der Waals surface area contributed by atoms with Crippen molar-refractivity contribution in [3.63, 3.8) is 0 Å². The SMILES string of the molecule is COc1cccc(C(=O)NCCN(c2cc(Cl)ccc2C)S(C)(=O)=O)c1. The molecular weight excluding hydrogens is 376 g/mol. The molecule has 8 heteroatoms. The summed E-state index contributed by atoms with van der Waals surface area (Å²) in [5.41, 5.74) is 1.71. The van der Waals surface area contributed by atoms with E-state index in [1.54, 1.807) is 49.4 Å². The first-order chi connectivity index (χ1) is 12.2. The van der Waals surface area contributed by atoms with Gasteiger partial charge in [0.2, 0.25) is 10.0 Å². The Morgan fingerprint density at radius 3 is 2.62 bits per heavy atom.